The maximum absolute atomic E-state index is 14.2. The SMILES string of the molecule is CC(C)(C)C1[C@H](F)C(C)(O)CCN1C(=O)O. The predicted octanol–water partition coefficient (Wildman–Crippen LogP) is 1.87. The molecule has 3 atom stereocenters. The molecule has 1 aliphatic heterocycles. The van der Waals surface area contributed by atoms with E-state index in [9.17, 15) is 14.3 Å². The number of nitrogens with zero attached hydrogens (tertiary/aromatic N) is 1. The normalized spacial score (nSPS) is 36.2. The first kappa shape index (κ1) is 13.2. The molecule has 2 N–H and O–H groups in total. The second-order valence-electron chi connectivity index (χ2n) is 5.80. The average molecular weight is 233 g/mol. The molecule has 0 aromatic carbocycles. The van der Waals surface area contributed by atoms with Crippen molar-refractivity contribution in [3.63, 3.8) is 0 Å². The summed E-state index contributed by atoms with van der Waals surface area (Å²) in [5.41, 5.74) is -1.98. The van der Waals surface area contributed by atoms with Crippen LogP contribution in [0, 0.1) is 5.41 Å². The Labute approximate surface area is 95.1 Å². The number of alkyl halides is 1. The van der Waals surface area contributed by atoms with Gasteiger partial charge in [-0.3, -0.25) is 0 Å². The van der Waals surface area contributed by atoms with Crippen LogP contribution in [0.3, 0.4) is 0 Å². The third-order valence-corrected chi connectivity index (χ3v) is 3.20. The van der Waals surface area contributed by atoms with Crippen molar-refractivity contribution in [1.82, 2.24) is 4.90 Å². The third kappa shape index (κ3) is 2.29. The van der Waals surface area contributed by atoms with E-state index in [1.165, 1.54) is 6.92 Å². The molecule has 1 fully saturated rings. The molecule has 1 saturated heterocycles. The molecule has 94 valence electrons. The lowest BCUT2D eigenvalue weighted by molar-refractivity contribution is -0.117. The maximum Gasteiger partial charge on any atom is 0.407 e. The smallest absolute Gasteiger partial charge is 0.407 e. The maximum atomic E-state index is 14.2. The highest BCUT2D eigenvalue weighted by atomic mass is 19.1. The Hall–Kier alpha value is -0.840. The number of likely N-dealkylation sites (tertiary alicyclic amines) is 1. The van der Waals surface area contributed by atoms with Crippen molar-refractivity contribution in [2.45, 2.75) is 51.9 Å². The highest BCUT2D eigenvalue weighted by Gasteiger charge is 2.51. The second-order valence-corrected chi connectivity index (χ2v) is 5.80. The molecule has 0 aromatic rings. The number of halogens is 1. The molecule has 16 heavy (non-hydrogen) atoms. The number of hydrogen-bond donors (Lipinski definition) is 2. The summed E-state index contributed by atoms with van der Waals surface area (Å²) in [4.78, 5) is 12.1. The summed E-state index contributed by atoms with van der Waals surface area (Å²) >= 11 is 0. The minimum Gasteiger partial charge on any atom is -0.465 e. The molecule has 0 spiro atoms. The molecule has 1 amide bonds. The van der Waals surface area contributed by atoms with Gasteiger partial charge in [0.05, 0.1) is 11.6 Å². The summed E-state index contributed by atoms with van der Waals surface area (Å²) in [5.74, 6) is 0. The summed E-state index contributed by atoms with van der Waals surface area (Å²) in [6, 6.07) is -0.811. The van der Waals surface area contributed by atoms with E-state index >= 15 is 0 Å². The van der Waals surface area contributed by atoms with Crippen LogP contribution in [0.15, 0.2) is 0 Å². The molecule has 0 bridgehead atoms. The van der Waals surface area contributed by atoms with Crippen LogP contribution in [-0.4, -0.2) is 45.6 Å². The Morgan fingerprint density at radius 2 is 2.00 bits per heavy atom. The standard InChI is InChI=1S/C11H20FNO3/c1-10(2,3)8-7(12)11(4,16)5-6-13(8)9(14)15/h7-8,16H,5-6H2,1-4H3,(H,14,15)/t7-,8?,11?/m0/s1. The van der Waals surface area contributed by atoms with Crippen molar-refractivity contribution in [2.75, 3.05) is 6.54 Å². The zero-order valence-electron chi connectivity index (χ0n) is 10.2. The third-order valence-electron chi connectivity index (χ3n) is 3.20. The lowest BCUT2D eigenvalue weighted by atomic mass is 9.74. The molecule has 0 aliphatic carbocycles. The van der Waals surface area contributed by atoms with E-state index in [-0.39, 0.29) is 13.0 Å². The molecule has 0 saturated carbocycles. The van der Waals surface area contributed by atoms with E-state index in [0.717, 1.165) is 4.90 Å². The van der Waals surface area contributed by atoms with Crippen LogP contribution in [-0.2, 0) is 0 Å². The van der Waals surface area contributed by atoms with Crippen molar-refractivity contribution in [3.05, 3.63) is 0 Å². The van der Waals surface area contributed by atoms with Crippen molar-refractivity contribution >= 4 is 6.09 Å². The highest BCUT2D eigenvalue weighted by molar-refractivity contribution is 5.66. The lowest BCUT2D eigenvalue weighted by Crippen LogP contribution is -2.63. The Balaban J connectivity index is 3.05. The number of carbonyl (C=O) groups is 1. The fourth-order valence-electron chi connectivity index (χ4n) is 2.24. The van der Waals surface area contributed by atoms with Crippen molar-refractivity contribution in [1.29, 1.82) is 0 Å². The van der Waals surface area contributed by atoms with Gasteiger partial charge in [0.2, 0.25) is 0 Å². The van der Waals surface area contributed by atoms with Crippen molar-refractivity contribution in [3.8, 4) is 0 Å². The Morgan fingerprint density at radius 3 is 2.38 bits per heavy atom. The average Bonchev–Trinajstić information content (AvgIpc) is 2.06. The molecular formula is C11H20FNO3. The number of rotatable bonds is 0. The van der Waals surface area contributed by atoms with Gasteiger partial charge in [0.15, 0.2) is 0 Å². The van der Waals surface area contributed by atoms with Gasteiger partial charge >= 0.3 is 6.09 Å². The molecule has 0 aromatic heterocycles. The Morgan fingerprint density at radius 1 is 1.50 bits per heavy atom. The van der Waals surface area contributed by atoms with Crippen LogP contribution in [0.1, 0.15) is 34.1 Å². The minimum absolute atomic E-state index is 0.132. The van der Waals surface area contributed by atoms with E-state index in [2.05, 4.69) is 0 Å². The van der Waals surface area contributed by atoms with E-state index in [1.54, 1.807) is 20.8 Å². The Kier molecular flexibility index (Phi) is 3.20. The summed E-state index contributed by atoms with van der Waals surface area (Å²) in [6.07, 6.45) is -2.55. The fraction of sp³-hybridized carbons (Fsp3) is 0.909. The van der Waals surface area contributed by atoms with Gasteiger partial charge in [-0.2, -0.15) is 0 Å². The van der Waals surface area contributed by atoms with E-state index in [1.807, 2.05) is 0 Å². The van der Waals surface area contributed by atoms with Gasteiger partial charge < -0.3 is 15.1 Å². The molecule has 5 heteroatoms. The topological polar surface area (TPSA) is 60.8 Å². The minimum atomic E-state index is -1.56. The summed E-state index contributed by atoms with van der Waals surface area (Å²) < 4.78 is 14.2. The molecule has 1 heterocycles. The molecular weight excluding hydrogens is 213 g/mol. The van der Waals surface area contributed by atoms with Gasteiger partial charge in [-0.25, -0.2) is 9.18 Å². The highest BCUT2D eigenvalue weighted by Crippen LogP contribution is 2.38. The monoisotopic (exact) mass is 233 g/mol. The number of hydrogen-bond acceptors (Lipinski definition) is 2. The largest absolute Gasteiger partial charge is 0.465 e. The number of amides is 1. The van der Waals surface area contributed by atoms with Crippen LogP contribution in [0.2, 0.25) is 0 Å². The zero-order valence-corrected chi connectivity index (χ0v) is 10.2. The lowest BCUT2D eigenvalue weighted by Gasteiger charge is -2.49. The van der Waals surface area contributed by atoms with E-state index in [0.29, 0.717) is 0 Å². The first-order valence-electron chi connectivity index (χ1n) is 5.43. The Bertz CT molecular complexity index is 285. The molecule has 2 unspecified atom stereocenters. The second kappa shape index (κ2) is 3.87. The molecule has 1 aliphatic rings. The fourth-order valence-corrected chi connectivity index (χ4v) is 2.24. The first-order chi connectivity index (χ1) is 7.07. The summed E-state index contributed by atoms with van der Waals surface area (Å²) in [7, 11) is 0. The van der Waals surface area contributed by atoms with Gasteiger partial charge in [0, 0.05) is 6.54 Å². The molecule has 4 nitrogen and oxygen atoms in total. The summed E-state index contributed by atoms with van der Waals surface area (Å²) in [5, 5.41) is 18.9. The number of aliphatic hydroxyl groups is 1. The van der Waals surface area contributed by atoms with Gasteiger partial charge in [0.1, 0.15) is 6.17 Å². The van der Waals surface area contributed by atoms with Gasteiger partial charge in [0.25, 0.3) is 0 Å². The van der Waals surface area contributed by atoms with Gasteiger partial charge in [-0.1, -0.05) is 20.8 Å². The quantitative estimate of drug-likeness (QED) is 0.671. The number of piperidine rings is 1. The molecule has 1 rings (SSSR count). The molecule has 0 radical (unpaired) electrons. The van der Waals surface area contributed by atoms with Crippen molar-refractivity contribution < 1.29 is 19.4 Å². The van der Waals surface area contributed by atoms with Gasteiger partial charge in [-0.15, -0.1) is 0 Å². The first-order valence-corrected chi connectivity index (χ1v) is 5.43. The predicted molar refractivity (Wildman–Crippen MR) is 58.1 cm³/mol. The van der Waals surface area contributed by atoms with Crippen molar-refractivity contribution in [2.24, 2.45) is 5.41 Å². The van der Waals surface area contributed by atoms with Crippen LogP contribution in [0.5, 0.6) is 0 Å². The summed E-state index contributed by atoms with van der Waals surface area (Å²) in [6.45, 7) is 6.94. The van der Waals surface area contributed by atoms with Gasteiger partial charge in [-0.05, 0) is 18.8 Å². The van der Waals surface area contributed by atoms with Crippen LogP contribution >= 0.6 is 0 Å². The van der Waals surface area contributed by atoms with Crippen LogP contribution in [0.4, 0.5) is 9.18 Å². The zero-order chi connectivity index (χ0) is 12.7. The van der Waals surface area contributed by atoms with E-state index in [4.69, 9.17) is 5.11 Å². The van der Waals surface area contributed by atoms with Crippen LogP contribution in [0.25, 0.3) is 0 Å². The number of carboxylic acid groups (broad SMARTS) is 1. The van der Waals surface area contributed by atoms with Crippen LogP contribution < -0.4 is 0 Å². The van der Waals surface area contributed by atoms with E-state index < -0.39 is 29.3 Å².